The molecule has 0 unspecified atom stereocenters. The number of amides is 1. The smallest absolute Gasteiger partial charge is 0.410 e. The molecule has 3 rings (SSSR count). The number of rotatable bonds is 2. The lowest BCUT2D eigenvalue weighted by molar-refractivity contribution is 0.00566. The van der Waals surface area contributed by atoms with Crippen molar-refractivity contribution in [2.24, 2.45) is 7.05 Å². The van der Waals surface area contributed by atoms with E-state index in [0.717, 1.165) is 5.69 Å². The molecule has 0 aliphatic carbocycles. The minimum Gasteiger partial charge on any atom is -0.465 e. The van der Waals surface area contributed by atoms with Crippen molar-refractivity contribution in [3.63, 3.8) is 0 Å². The normalized spacial score (nSPS) is 20.1. The highest BCUT2D eigenvalue weighted by Gasteiger charge is 2.36. The van der Waals surface area contributed by atoms with E-state index in [-0.39, 0.29) is 18.2 Å². The summed E-state index contributed by atoms with van der Waals surface area (Å²) in [6.07, 6.45) is -0.303. The van der Waals surface area contributed by atoms with Gasteiger partial charge in [0.25, 0.3) is 0 Å². The van der Waals surface area contributed by atoms with Crippen molar-refractivity contribution in [3.8, 4) is 0 Å². The Balaban J connectivity index is 1.91. The summed E-state index contributed by atoms with van der Waals surface area (Å²) in [5.41, 5.74) is 2.03. The van der Waals surface area contributed by atoms with E-state index in [0.29, 0.717) is 29.7 Å². The van der Waals surface area contributed by atoms with Gasteiger partial charge in [0.1, 0.15) is 16.6 Å². The van der Waals surface area contributed by atoms with E-state index in [1.807, 2.05) is 40.7 Å². The van der Waals surface area contributed by atoms with Gasteiger partial charge in [-0.3, -0.25) is 4.90 Å². The highest BCUT2D eigenvalue weighted by Crippen LogP contribution is 2.31. The van der Waals surface area contributed by atoms with Crippen LogP contribution in [0.15, 0.2) is 12.1 Å². The molecule has 2 aromatic rings. The first-order chi connectivity index (χ1) is 13.5. The van der Waals surface area contributed by atoms with Crippen LogP contribution in [0.25, 0.3) is 11.0 Å². The molecule has 9 heteroatoms. The zero-order chi connectivity index (χ0) is 21.5. The lowest BCUT2D eigenvalue weighted by Gasteiger charge is -2.45. The molecule has 1 aliphatic rings. The zero-order valence-electron chi connectivity index (χ0n) is 18.1. The summed E-state index contributed by atoms with van der Waals surface area (Å²) in [6.45, 7) is 10.8. The fourth-order valence-electron chi connectivity index (χ4n) is 3.88. The Morgan fingerprint density at radius 2 is 1.76 bits per heavy atom. The second-order valence-electron chi connectivity index (χ2n) is 8.52. The van der Waals surface area contributed by atoms with Gasteiger partial charge < -0.3 is 14.4 Å². The van der Waals surface area contributed by atoms with Gasteiger partial charge in [-0.1, -0.05) is 5.21 Å². The Morgan fingerprint density at radius 1 is 1.14 bits per heavy atom. The van der Waals surface area contributed by atoms with E-state index < -0.39 is 11.6 Å². The number of carbonyl (C=O) groups excluding carboxylic acids is 2. The number of anilines is 1. The molecule has 0 bridgehead atoms. The average Bonchev–Trinajstić information content (AvgIpc) is 3.00. The average molecular weight is 403 g/mol. The van der Waals surface area contributed by atoms with E-state index in [1.165, 1.54) is 7.11 Å². The van der Waals surface area contributed by atoms with Gasteiger partial charge >= 0.3 is 12.1 Å². The first-order valence-electron chi connectivity index (χ1n) is 9.70. The lowest BCUT2D eigenvalue weighted by Crippen LogP contribution is -2.59. The molecule has 0 saturated carbocycles. The summed E-state index contributed by atoms with van der Waals surface area (Å²) in [7, 11) is 3.10. The number of hydrogen-bond donors (Lipinski definition) is 0. The first kappa shape index (κ1) is 20.9. The fourth-order valence-corrected chi connectivity index (χ4v) is 3.88. The number of methoxy groups -OCH3 is 1. The van der Waals surface area contributed by atoms with Crippen LogP contribution in [0.3, 0.4) is 0 Å². The molecule has 2 atom stereocenters. The molecule has 0 N–H and O–H groups in total. The topological polar surface area (TPSA) is 89.8 Å². The minimum atomic E-state index is -0.539. The Morgan fingerprint density at radius 3 is 2.31 bits per heavy atom. The number of ether oxygens (including phenoxy) is 2. The molecule has 1 aromatic carbocycles. The first-order valence-corrected chi connectivity index (χ1v) is 9.70. The number of nitrogens with zero attached hydrogens (tertiary/aromatic N) is 5. The number of hydrogen-bond acceptors (Lipinski definition) is 7. The van der Waals surface area contributed by atoms with Crippen molar-refractivity contribution in [2.45, 2.75) is 52.3 Å². The number of carbonyl (C=O) groups is 2. The Bertz CT molecular complexity index is 921. The van der Waals surface area contributed by atoms with Crippen LogP contribution in [0.1, 0.15) is 45.0 Å². The van der Waals surface area contributed by atoms with Crippen LogP contribution in [0.4, 0.5) is 10.5 Å². The Labute approximate surface area is 170 Å². The molecule has 0 radical (unpaired) electrons. The van der Waals surface area contributed by atoms with Gasteiger partial charge in [-0.15, -0.1) is 5.10 Å². The van der Waals surface area contributed by atoms with Gasteiger partial charge in [0.05, 0.1) is 30.4 Å². The van der Waals surface area contributed by atoms with Crippen molar-refractivity contribution in [1.82, 2.24) is 19.9 Å². The molecule has 1 aliphatic heterocycles. The van der Waals surface area contributed by atoms with Crippen LogP contribution in [0, 0.1) is 0 Å². The molecule has 1 saturated heterocycles. The van der Waals surface area contributed by atoms with Crippen LogP contribution in [-0.4, -0.2) is 69.8 Å². The van der Waals surface area contributed by atoms with E-state index in [9.17, 15) is 9.59 Å². The second-order valence-corrected chi connectivity index (χ2v) is 8.52. The summed E-state index contributed by atoms with van der Waals surface area (Å²) in [4.78, 5) is 28.8. The summed E-state index contributed by atoms with van der Waals surface area (Å²) in [5.74, 6) is -0.427. The van der Waals surface area contributed by atoms with E-state index >= 15 is 0 Å². The highest BCUT2D eigenvalue weighted by atomic mass is 16.6. The molecular formula is C20H29N5O4. The number of benzene rings is 1. The molecule has 1 aromatic heterocycles. The Kier molecular flexibility index (Phi) is 5.42. The molecule has 0 spiro atoms. The zero-order valence-corrected chi connectivity index (χ0v) is 18.1. The fraction of sp³-hybridized carbons (Fsp3) is 0.600. The number of piperazine rings is 1. The molecule has 158 valence electrons. The Hall–Kier alpha value is -2.84. The maximum Gasteiger partial charge on any atom is 0.410 e. The SMILES string of the molecule is COC(=O)c1ccc(N2C[C@@H](C)N(C(=O)OC(C)(C)C)[C@@H](C)C2)c2nnn(C)c12. The van der Waals surface area contributed by atoms with Crippen molar-refractivity contribution in [3.05, 3.63) is 17.7 Å². The molecule has 1 fully saturated rings. The predicted molar refractivity (Wildman–Crippen MR) is 109 cm³/mol. The van der Waals surface area contributed by atoms with Gasteiger partial charge in [-0.2, -0.15) is 0 Å². The number of aryl methyl sites for hydroxylation is 1. The van der Waals surface area contributed by atoms with Crippen LogP contribution in [-0.2, 0) is 16.5 Å². The summed E-state index contributed by atoms with van der Waals surface area (Å²) >= 11 is 0. The second kappa shape index (κ2) is 7.53. The molecule has 29 heavy (non-hydrogen) atoms. The van der Waals surface area contributed by atoms with E-state index in [2.05, 4.69) is 15.2 Å². The van der Waals surface area contributed by atoms with Crippen molar-refractivity contribution < 1.29 is 19.1 Å². The van der Waals surface area contributed by atoms with Gasteiger partial charge in [0, 0.05) is 20.1 Å². The van der Waals surface area contributed by atoms with Crippen molar-refractivity contribution in [1.29, 1.82) is 0 Å². The standard InChI is InChI=1S/C20H29N5O4/c1-12-10-24(11-13(2)25(12)19(27)29-20(3,4)5)15-9-8-14(18(26)28-7)17-16(15)21-22-23(17)6/h8-9,12-13H,10-11H2,1-7H3/t12-,13+. The van der Waals surface area contributed by atoms with Crippen molar-refractivity contribution >= 4 is 28.8 Å². The van der Waals surface area contributed by atoms with E-state index in [4.69, 9.17) is 9.47 Å². The summed E-state index contributed by atoms with van der Waals surface area (Å²) < 4.78 is 12.0. The van der Waals surface area contributed by atoms with Gasteiger partial charge in [0.15, 0.2) is 0 Å². The number of fused-ring (bicyclic) bond motifs is 1. The van der Waals surface area contributed by atoms with Crippen LogP contribution >= 0.6 is 0 Å². The maximum atomic E-state index is 12.7. The van der Waals surface area contributed by atoms with Crippen molar-refractivity contribution in [2.75, 3.05) is 25.1 Å². The third-order valence-electron chi connectivity index (χ3n) is 5.00. The quantitative estimate of drug-likeness (QED) is 0.712. The van der Waals surface area contributed by atoms with E-state index in [1.54, 1.807) is 22.7 Å². The predicted octanol–water partition coefficient (Wildman–Crippen LogP) is 2.59. The van der Waals surface area contributed by atoms with Crippen LogP contribution in [0.2, 0.25) is 0 Å². The molecule has 2 heterocycles. The third-order valence-corrected chi connectivity index (χ3v) is 5.00. The molecule has 1 amide bonds. The largest absolute Gasteiger partial charge is 0.465 e. The maximum absolute atomic E-state index is 12.7. The summed E-state index contributed by atoms with van der Waals surface area (Å²) in [5, 5.41) is 8.38. The van der Waals surface area contributed by atoms with Crippen LogP contribution in [0.5, 0.6) is 0 Å². The molecular weight excluding hydrogens is 374 g/mol. The monoisotopic (exact) mass is 403 g/mol. The third kappa shape index (κ3) is 3.99. The lowest BCUT2D eigenvalue weighted by atomic mass is 10.1. The van der Waals surface area contributed by atoms with Gasteiger partial charge in [-0.05, 0) is 46.8 Å². The van der Waals surface area contributed by atoms with Gasteiger partial charge in [0.2, 0.25) is 0 Å². The summed E-state index contributed by atoms with van der Waals surface area (Å²) in [6, 6.07) is 3.50. The highest BCUT2D eigenvalue weighted by molar-refractivity contribution is 6.05. The van der Waals surface area contributed by atoms with Crippen LogP contribution < -0.4 is 4.90 Å². The molecule has 9 nitrogen and oxygen atoms in total. The minimum absolute atomic E-state index is 0.0550. The van der Waals surface area contributed by atoms with Gasteiger partial charge in [-0.25, -0.2) is 14.3 Å². The number of esters is 1. The number of aromatic nitrogens is 3.